The second-order valence-electron chi connectivity index (χ2n) is 7.49. The van der Waals surface area contributed by atoms with Crippen molar-refractivity contribution < 1.29 is 14.6 Å². The van der Waals surface area contributed by atoms with Gasteiger partial charge in [0.25, 0.3) is 8.32 Å². The average molecular weight is 359 g/mol. The number of rotatable bonds is 8. The van der Waals surface area contributed by atoms with Crippen LogP contribution in [0.15, 0.2) is 60.7 Å². The lowest BCUT2D eigenvalue weighted by atomic mass is 10.2. The summed E-state index contributed by atoms with van der Waals surface area (Å²) in [6.45, 7) is 7.13. The van der Waals surface area contributed by atoms with Crippen LogP contribution in [0.4, 0.5) is 0 Å². The molecule has 2 rings (SSSR count). The minimum Gasteiger partial charge on any atom is -0.407 e. The molecule has 3 nitrogen and oxygen atoms in total. The molecule has 0 spiro atoms. The monoisotopic (exact) mass is 358 g/mol. The van der Waals surface area contributed by atoms with Crippen LogP contribution in [0.25, 0.3) is 0 Å². The van der Waals surface area contributed by atoms with Crippen LogP contribution in [0.2, 0.25) is 5.04 Å². The highest BCUT2D eigenvalue weighted by molar-refractivity contribution is 6.99. The summed E-state index contributed by atoms with van der Waals surface area (Å²) in [5.74, 6) is 0. The molecule has 0 saturated heterocycles. The van der Waals surface area contributed by atoms with Gasteiger partial charge in [0.05, 0.1) is 12.7 Å². The smallest absolute Gasteiger partial charge is 0.261 e. The summed E-state index contributed by atoms with van der Waals surface area (Å²) < 4.78 is 6.71. The first-order chi connectivity index (χ1) is 11.9. The van der Waals surface area contributed by atoms with E-state index >= 15 is 0 Å². The van der Waals surface area contributed by atoms with E-state index in [1.54, 1.807) is 0 Å². The maximum Gasteiger partial charge on any atom is 0.261 e. The molecule has 0 heterocycles. The van der Waals surface area contributed by atoms with Gasteiger partial charge in [-0.2, -0.15) is 0 Å². The molecule has 0 radical (unpaired) electrons. The number of aliphatic hydroxyl groups is 2. The average Bonchev–Trinajstić information content (AvgIpc) is 2.62. The third-order valence-electron chi connectivity index (χ3n) is 4.63. The van der Waals surface area contributed by atoms with E-state index in [2.05, 4.69) is 69.3 Å². The molecule has 2 aromatic rings. The second-order valence-corrected chi connectivity index (χ2v) is 11.8. The van der Waals surface area contributed by atoms with Crippen molar-refractivity contribution in [2.45, 2.75) is 44.8 Å². The Morgan fingerprint density at radius 2 is 1.40 bits per heavy atom. The molecule has 0 fully saturated rings. The lowest BCUT2D eigenvalue weighted by Gasteiger charge is -2.43. The van der Waals surface area contributed by atoms with Gasteiger partial charge in [-0.05, 0) is 28.3 Å². The van der Waals surface area contributed by atoms with E-state index in [9.17, 15) is 5.11 Å². The lowest BCUT2D eigenvalue weighted by molar-refractivity contribution is 0.0823. The summed E-state index contributed by atoms with van der Waals surface area (Å²) in [6.07, 6.45) is 0.615. The zero-order valence-corrected chi connectivity index (χ0v) is 16.5. The first-order valence-corrected chi connectivity index (χ1v) is 10.9. The Morgan fingerprint density at radius 1 is 0.920 bits per heavy atom. The molecule has 0 aromatic heterocycles. The number of hydrogen-bond acceptors (Lipinski definition) is 3. The van der Waals surface area contributed by atoms with Crippen molar-refractivity contribution >= 4 is 18.7 Å². The lowest BCUT2D eigenvalue weighted by Crippen LogP contribution is -2.66. The highest BCUT2D eigenvalue weighted by Gasteiger charge is 2.49. The molecule has 1 unspecified atom stereocenters. The van der Waals surface area contributed by atoms with Gasteiger partial charge in [-0.25, -0.2) is 0 Å². The first kappa shape index (κ1) is 19.9. The molecule has 0 aliphatic carbocycles. The Labute approximate surface area is 152 Å². The summed E-state index contributed by atoms with van der Waals surface area (Å²) in [6, 6.07) is 21.1. The van der Waals surface area contributed by atoms with Crippen molar-refractivity contribution in [2.24, 2.45) is 0 Å². The van der Waals surface area contributed by atoms with Crippen LogP contribution in [0, 0.1) is 0 Å². The van der Waals surface area contributed by atoms with Crippen LogP contribution in [0.1, 0.15) is 33.6 Å². The van der Waals surface area contributed by atoms with Crippen molar-refractivity contribution in [2.75, 3.05) is 13.2 Å². The Bertz CT molecular complexity index is 583. The molecule has 2 aromatic carbocycles. The van der Waals surface area contributed by atoms with Gasteiger partial charge in [-0.1, -0.05) is 81.4 Å². The van der Waals surface area contributed by atoms with Gasteiger partial charge >= 0.3 is 0 Å². The predicted octanol–water partition coefficient (Wildman–Crippen LogP) is 2.70. The van der Waals surface area contributed by atoms with Gasteiger partial charge in [0, 0.05) is 6.61 Å². The maximum atomic E-state index is 9.59. The Hall–Kier alpha value is -1.46. The van der Waals surface area contributed by atoms with E-state index in [0.29, 0.717) is 13.0 Å². The quantitative estimate of drug-likeness (QED) is 0.563. The van der Waals surface area contributed by atoms with Gasteiger partial charge in [0.15, 0.2) is 0 Å². The molecule has 1 atom stereocenters. The molecule has 0 aliphatic rings. The van der Waals surface area contributed by atoms with Crippen LogP contribution in [-0.2, 0) is 4.43 Å². The summed E-state index contributed by atoms with van der Waals surface area (Å²) in [4.78, 5) is 0. The van der Waals surface area contributed by atoms with Crippen molar-refractivity contribution in [3.63, 3.8) is 0 Å². The first-order valence-electron chi connectivity index (χ1n) is 8.96. The van der Waals surface area contributed by atoms with Gasteiger partial charge in [-0.15, -0.1) is 0 Å². The van der Waals surface area contributed by atoms with Crippen LogP contribution >= 0.6 is 0 Å². The Morgan fingerprint density at radius 3 is 1.80 bits per heavy atom. The van der Waals surface area contributed by atoms with Crippen LogP contribution in [0.5, 0.6) is 0 Å². The minimum absolute atomic E-state index is 0.0364. The SMILES string of the molecule is CC(C)(C)[Si](OCCCC(O)CO)(c1ccccc1)c1ccccc1. The largest absolute Gasteiger partial charge is 0.407 e. The summed E-state index contributed by atoms with van der Waals surface area (Å²) >= 11 is 0. The fourth-order valence-corrected chi connectivity index (χ4v) is 8.00. The summed E-state index contributed by atoms with van der Waals surface area (Å²) in [5.41, 5.74) is 0. The third kappa shape index (κ3) is 4.58. The van der Waals surface area contributed by atoms with E-state index in [4.69, 9.17) is 9.53 Å². The predicted molar refractivity (Wildman–Crippen MR) is 106 cm³/mol. The van der Waals surface area contributed by atoms with E-state index in [0.717, 1.165) is 6.42 Å². The van der Waals surface area contributed by atoms with Crippen LogP contribution in [-0.4, -0.2) is 37.8 Å². The van der Waals surface area contributed by atoms with E-state index < -0.39 is 14.4 Å². The van der Waals surface area contributed by atoms with Gasteiger partial charge in [0.1, 0.15) is 0 Å². The van der Waals surface area contributed by atoms with E-state index in [-0.39, 0.29) is 11.6 Å². The van der Waals surface area contributed by atoms with Crippen LogP contribution < -0.4 is 10.4 Å². The zero-order chi connectivity index (χ0) is 18.3. The number of aliphatic hydroxyl groups excluding tert-OH is 2. The van der Waals surface area contributed by atoms with Crippen LogP contribution in [0.3, 0.4) is 0 Å². The summed E-state index contributed by atoms with van der Waals surface area (Å²) in [5, 5.41) is 21.1. The molecule has 0 aliphatic heterocycles. The fraction of sp³-hybridized carbons (Fsp3) is 0.429. The van der Waals surface area contributed by atoms with Crippen molar-refractivity contribution in [1.82, 2.24) is 0 Å². The highest BCUT2D eigenvalue weighted by atomic mass is 28.4. The van der Waals surface area contributed by atoms with Crippen molar-refractivity contribution in [3.8, 4) is 0 Å². The topological polar surface area (TPSA) is 49.7 Å². The number of hydrogen-bond donors (Lipinski definition) is 2. The minimum atomic E-state index is -2.48. The fourth-order valence-electron chi connectivity index (χ4n) is 3.40. The molecule has 25 heavy (non-hydrogen) atoms. The molecule has 136 valence electrons. The Kier molecular flexibility index (Phi) is 6.96. The standard InChI is InChI=1S/C21H30O3Si/c1-21(2,3)25(19-12-6-4-7-13-19,20-14-8-5-9-15-20)24-16-10-11-18(23)17-22/h4-9,12-15,18,22-23H,10-11,16-17H2,1-3H3. The maximum absolute atomic E-state index is 9.59. The highest BCUT2D eigenvalue weighted by Crippen LogP contribution is 2.36. The molecule has 0 saturated carbocycles. The molecule has 2 N–H and O–H groups in total. The van der Waals surface area contributed by atoms with E-state index in [1.807, 2.05) is 12.1 Å². The molecule has 0 bridgehead atoms. The van der Waals surface area contributed by atoms with Crippen molar-refractivity contribution in [3.05, 3.63) is 60.7 Å². The van der Waals surface area contributed by atoms with Gasteiger partial charge in [0.2, 0.25) is 0 Å². The van der Waals surface area contributed by atoms with Crippen molar-refractivity contribution in [1.29, 1.82) is 0 Å². The molecule has 4 heteroatoms. The normalized spacial score (nSPS) is 13.6. The third-order valence-corrected chi connectivity index (χ3v) is 9.67. The molecular weight excluding hydrogens is 328 g/mol. The molecular formula is C21H30O3Si. The van der Waals surface area contributed by atoms with Gasteiger partial charge < -0.3 is 14.6 Å². The number of benzene rings is 2. The molecule has 0 amide bonds. The zero-order valence-electron chi connectivity index (χ0n) is 15.5. The second kappa shape index (κ2) is 8.76. The Balaban J connectivity index is 2.39. The summed E-state index contributed by atoms with van der Waals surface area (Å²) in [7, 11) is -2.48. The van der Waals surface area contributed by atoms with Gasteiger partial charge in [-0.3, -0.25) is 0 Å². The van der Waals surface area contributed by atoms with E-state index in [1.165, 1.54) is 10.4 Å².